The molecule has 2 N–H and O–H groups in total. The molecule has 17 heavy (non-hydrogen) atoms. The molecule has 92 valence electrons. The number of benzene rings is 1. The lowest BCUT2D eigenvalue weighted by Crippen LogP contribution is -2.39. The topological polar surface area (TPSA) is 41.1 Å². The maximum absolute atomic E-state index is 13.3. The van der Waals surface area contributed by atoms with E-state index in [0.717, 1.165) is 17.9 Å². The third kappa shape index (κ3) is 2.74. The van der Waals surface area contributed by atoms with E-state index < -0.39 is 0 Å². The number of fused-ring (bicyclic) bond motifs is 1. The molecule has 1 aromatic rings. The Morgan fingerprint density at radius 3 is 2.94 bits per heavy atom. The molecule has 0 aromatic heterocycles. The Labute approximate surface area is 112 Å². The molecule has 0 radical (unpaired) electrons. The van der Waals surface area contributed by atoms with Gasteiger partial charge < -0.3 is 10.6 Å². The van der Waals surface area contributed by atoms with Crippen LogP contribution in [-0.4, -0.2) is 24.0 Å². The molecule has 1 unspecified atom stereocenters. The highest BCUT2D eigenvalue weighted by molar-refractivity contribution is 9.10. The normalized spacial score (nSPS) is 18.3. The van der Waals surface area contributed by atoms with Crippen molar-refractivity contribution in [3.05, 3.63) is 22.4 Å². The fourth-order valence-electron chi connectivity index (χ4n) is 1.68. The lowest BCUT2D eigenvalue weighted by Gasteiger charge is -2.27. The first-order valence-corrected chi connectivity index (χ1v) is 7.36. The van der Waals surface area contributed by atoms with Gasteiger partial charge in [-0.2, -0.15) is 11.8 Å². The zero-order chi connectivity index (χ0) is 12.4. The monoisotopic (exact) mass is 318 g/mol. The second kappa shape index (κ2) is 5.27. The van der Waals surface area contributed by atoms with Crippen LogP contribution in [0.1, 0.15) is 6.42 Å². The second-order valence-corrected chi connectivity index (χ2v) is 5.62. The Balaban J connectivity index is 2.22. The Kier molecular flexibility index (Phi) is 3.93. The van der Waals surface area contributed by atoms with Gasteiger partial charge in [0, 0.05) is 6.07 Å². The molecular weight excluding hydrogens is 307 g/mol. The van der Waals surface area contributed by atoms with Crippen molar-refractivity contribution in [1.82, 2.24) is 0 Å². The third-order valence-electron chi connectivity index (χ3n) is 2.58. The average Bonchev–Trinajstić information content (AvgIpc) is 2.29. The number of thioether (sulfide) groups is 1. The van der Waals surface area contributed by atoms with E-state index in [2.05, 4.69) is 26.6 Å². The number of amides is 1. The summed E-state index contributed by atoms with van der Waals surface area (Å²) < 4.78 is 13.7. The first-order chi connectivity index (χ1) is 8.11. The molecule has 1 heterocycles. The summed E-state index contributed by atoms with van der Waals surface area (Å²) >= 11 is 4.83. The van der Waals surface area contributed by atoms with Crippen LogP contribution in [0, 0.1) is 5.82 Å². The van der Waals surface area contributed by atoms with Crippen LogP contribution in [0.4, 0.5) is 15.8 Å². The molecule has 0 bridgehead atoms. The highest BCUT2D eigenvalue weighted by Crippen LogP contribution is 2.32. The van der Waals surface area contributed by atoms with Crippen LogP contribution in [-0.2, 0) is 4.79 Å². The second-order valence-electron chi connectivity index (χ2n) is 3.78. The van der Waals surface area contributed by atoms with Crippen molar-refractivity contribution in [2.24, 2.45) is 0 Å². The molecule has 6 heteroatoms. The molecule has 2 rings (SSSR count). The number of nitrogens with one attached hydrogen (secondary N) is 2. The summed E-state index contributed by atoms with van der Waals surface area (Å²) in [5.74, 6) is 0.421. The fraction of sp³-hybridized carbons (Fsp3) is 0.364. The lowest BCUT2D eigenvalue weighted by molar-refractivity contribution is -0.117. The first-order valence-electron chi connectivity index (χ1n) is 5.17. The van der Waals surface area contributed by atoms with Gasteiger partial charge in [0.05, 0.1) is 15.8 Å². The SMILES string of the molecule is CSCCC1Nc2cc(Br)c(F)cc2NC1=O. The lowest BCUT2D eigenvalue weighted by atomic mass is 10.1. The Bertz CT molecular complexity index is 455. The molecule has 1 atom stereocenters. The van der Waals surface area contributed by atoms with Gasteiger partial charge in [-0.3, -0.25) is 4.79 Å². The number of hydrogen-bond donors (Lipinski definition) is 2. The number of anilines is 2. The van der Waals surface area contributed by atoms with Gasteiger partial charge in [-0.15, -0.1) is 0 Å². The summed E-state index contributed by atoms with van der Waals surface area (Å²) in [6.07, 6.45) is 2.75. The molecule has 1 amide bonds. The van der Waals surface area contributed by atoms with Crippen molar-refractivity contribution in [2.45, 2.75) is 12.5 Å². The Morgan fingerprint density at radius 1 is 1.47 bits per heavy atom. The molecule has 0 spiro atoms. The van der Waals surface area contributed by atoms with Gasteiger partial charge >= 0.3 is 0 Å². The maximum atomic E-state index is 13.3. The van der Waals surface area contributed by atoms with Gasteiger partial charge in [-0.1, -0.05) is 0 Å². The predicted molar refractivity (Wildman–Crippen MR) is 73.1 cm³/mol. The summed E-state index contributed by atoms with van der Waals surface area (Å²) in [6.45, 7) is 0. The molecule has 0 fully saturated rings. The number of carbonyl (C=O) groups is 1. The van der Waals surface area contributed by atoms with Crippen LogP contribution in [0.5, 0.6) is 0 Å². The fourth-order valence-corrected chi connectivity index (χ4v) is 2.50. The van der Waals surface area contributed by atoms with Crippen LogP contribution in [0.15, 0.2) is 16.6 Å². The van der Waals surface area contributed by atoms with Crippen molar-refractivity contribution in [2.75, 3.05) is 22.6 Å². The van der Waals surface area contributed by atoms with Gasteiger partial charge in [0.25, 0.3) is 0 Å². The maximum Gasteiger partial charge on any atom is 0.246 e. The van der Waals surface area contributed by atoms with Crippen LogP contribution >= 0.6 is 27.7 Å². The third-order valence-corrected chi connectivity index (χ3v) is 3.83. The summed E-state index contributed by atoms with van der Waals surface area (Å²) in [5.41, 5.74) is 1.25. The van der Waals surface area contributed by atoms with Crippen molar-refractivity contribution < 1.29 is 9.18 Å². The van der Waals surface area contributed by atoms with Crippen molar-refractivity contribution in [3.63, 3.8) is 0 Å². The van der Waals surface area contributed by atoms with Gasteiger partial charge in [0.1, 0.15) is 11.9 Å². The number of hydrogen-bond acceptors (Lipinski definition) is 3. The van der Waals surface area contributed by atoms with Crippen molar-refractivity contribution in [1.29, 1.82) is 0 Å². The minimum Gasteiger partial charge on any atom is -0.372 e. The van der Waals surface area contributed by atoms with E-state index >= 15 is 0 Å². The quantitative estimate of drug-likeness (QED) is 0.900. The number of rotatable bonds is 3. The smallest absolute Gasteiger partial charge is 0.246 e. The minimum atomic E-state index is -0.381. The van der Waals surface area contributed by atoms with Gasteiger partial charge in [0.2, 0.25) is 5.91 Å². The van der Waals surface area contributed by atoms with Crippen LogP contribution in [0.25, 0.3) is 0 Å². The predicted octanol–water partition coefficient (Wildman–Crippen LogP) is 3.07. The van der Waals surface area contributed by atoms with Gasteiger partial charge in [-0.25, -0.2) is 4.39 Å². The molecule has 0 aliphatic carbocycles. The molecule has 1 aromatic carbocycles. The van der Waals surface area contributed by atoms with Gasteiger partial charge in [0.15, 0.2) is 0 Å². The molecule has 1 aliphatic rings. The summed E-state index contributed by atoms with van der Waals surface area (Å²) in [4.78, 5) is 11.7. The molecule has 0 saturated carbocycles. The van der Waals surface area contributed by atoms with Crippen molar-refractivity contribution in [3.8, 4) is 0 Å². The molecule has 0 saturated heterocycles. The Morgan fingerprint density at radius 2 is 2.24 bits per heavy atom. The number of carbonyl (C=O) groups excluding carboxylic acids is 1. The zero-order valence-electron chi connectivity index (χ0n) is 9.22. The van der Waals surface area contributed by atoms with Crippen LogP contribution in [0.3, 0.4) is 0 Å². The zero-order valence-corrected chi connectivity index (χ0v) is 11.6. The van der Waals surface area contributed by atoms with E-state index in [1.807, 2.05) is 6.26 Å². The van der Waals surface area contributed by atoms with Crippen LogP contribution < -0.4 is 10.6 Å². The van der Waals surface area contributed by atoms with E-state index in [4.69, 9.17) is 0 Å². The van der Waals surface area contributed by atoms with Crippen LogP contribution in [0.2, 0.25) is 0 Å². The van der Waals surface area contributed by atoms with E-state index in [1.54, 1.807) is 17.8 Å². The van der Waals surface area contributed by atoms with E-state index in [9.17, 15) is 9.18 Å². The van der Waals surface area contributed by atoms with E-state index in [-0.39, 0.29) is 17.8 Å². The minimum absolute atomic E-state index is 0.103. The summed E-state index contributed by atoms with van der Waals surface area (Å²) in [5, 5.41) is 5.84. The summed E-state index contributed by atoms with van der Waals surface area (Å²) in [7, 11) is 0. The standard InChI is InChI=1S/C11H12BrFN2OS/c1-17-3-2-8-11(16)15-10-5-7(13)6(12)4-9(10)14-8/h4-5,8,14H,2-3H2,1H3,(H,15,16). The summed E-state index contributed by atoms with van der Waals surface area (Å²) in [6, 6.07) is 2.72. The van der Waals surface area contributed by atoms with E-state index in [1.165, 1.54) is 6.07 Å². The van der Waals surface area contributed by atoms with Gasteiger partial charge in [-0.05, 0) is 40.4 Å². The van der Waals surface area contributed by atoms with E-state index in [0.29, 0.717) is 10.2 Å². The molecular formula is C11H12BrFN2OS. The highest BCUT2D eigenvalue weighted by atomic mass is 79.9. The highest BCUT2D eigenvalue weighted by Gasteiger charge is 2.25. The molecule has 1 aliphatic heterocycles. The first kappa shape index (κ1) is 12.7. The largest absolute Gasteiger partial charge is 0.372 e. The Hall–Kier alpha value is -0.750. The average molecular weight is 319 g/mol. The number of halogens is 2. The molecule has 3 nitrogen and oxygen atoms in total. The van der Waals surface area contributed by atoms with Crippen molar-refractivity contribution >= 4 is 45.0 Å².